The number of benzene rings is 1. The molecule has 1 aromatic heterocycles. The lowest BCUT2D eigenvalue weighted by atomic mass is 10.2. The molecule has 2 nitrogen and oxygen atoms in total. The Kier molecular flexibility index (Phi) is 4.25. The van der Waals surface area contributed by atoms with Crippen molar-refractivity contribution >= 4 is 23.2 Å². The second-order valence-electron chi connectivity index (χ2n) is 4.01. The maximum absolute atomic E-state index is 13.5. The molecule has 0 saturated carbocycles. The van der Waals surface area contributed by atoms with Crippen LogP contribution < -0.4 is 0 Å². The number of aromatic nitrogens is 2. The van der Waals surface area contributed by atoms with E-state index in [1.807, 2.05) is 0 Å². The van der Waals surface area contributed by atoms with Crippen molar-refractivity contribution in [3.63, 3.8) is 0 Å². The van der Waals surface area contributed by atoms with E-state index in [9.17, 15) is 4.39 Å². The van der Waals surface area contributed by atoms with Crippen LogP contribution in [0, 0.1) is 5.82 Å². The van der Waals surface area contributed by atoms with E-state index in [0.717, 1.165) is 24.1 Å². The molecule has 0 spiro atoms. The summed E-state index contributed by atoms with van der Waals surface area (Å²) in [7, 11) is 0. The molecule has 0 amide bonds. The van der Waals surface area contributed by atoms with Crippen molar-refractivity contribution in [1.82, 2.24) is 9.78 Å². The topological polar surface area (TPSA) is 17.8 Å². The highest BCUT2D eigenvalue weighted by Crippen LogP contribution is 2.22. The summed E-state index contributed by atoms with van der Waals surface area (Å²) in [6.45, 7) is 2.08. The van der Waals surface area contributed by atoms with Crippen molar-refractivity contribution in [2.45, 2.75) is 25.6 Å². The van der Waals surface area contributed by atoms with Crippen LogP contribution >= 0.6 is 23.2 Å². The standard InChI is InChI=1S/C13H13Cl2FN2/c1-2-3-13-9(7-14)8-17-18(13)10-4-5-11(15)12(16)6-10/h4-6,8H,2-3,7H2,1H3. The summed E-state index contributed by atoms with van der Waals surface area (Å²) < 4.78 is 15.2. The summed E-state index contributed by atoms with van der Waals surface area (Å²) in [6.07, 6.45) is 3.56. The molecule has 0 saturated heterocycles. The summed E-state index contributed by atoms with van der Waals surface area (Å²) in [5.41, 5.74) is 2.67. The fourth-order valence-electron chi connectivity index (χ4n) is 1.86. The van der Waals surface area contributed by atoms with Gasteiger partial charge in [-0.1, -0.05) is 24.9 Å². The average Bonchev–Trinajstić information content (AvgIpc) is 2.76. The smallest absolute Gasteiger partial charge is 0.143 e. The summed E-state index contributed by atoms with van der Waals surface area (Å²) in [6, 6.07) is 4.66. The molecule has 2 aromatic rings. The first-order chi connectivity index (χ1) is 8.67. The number of rotatable bonds is 4. The van der Waals surface area contributed by atoms with Gasteiger partial charge in [-0.2, -0.15) is 5.10 Å². The molecule has 0 aliphatic rings. The Morgan fingerprint density at radius 2 is 2.17 bits per heavy atom. The fourth-order valence-corrected chi connectivity index (χ4v) is 2.20. The maximum atomic E-state index is 13.5. The van der Waals surface area contributed by atoms with E-state index in [2.05, 4.69) is 12.0 Å². The van der Waals surface area contributed by atoms with Crippen LogP contribution in [0.2, 0.25) is 5.02 Å². The largest absolute Gasteiger partial charge is 0.237 e. The number of nitrogens with zero attached hydrogens (tertiary/aromatic N) is 2. The Morgan fingerprint density at radius 1 is 1.39 bits per heavy atom. The predicted octanol–water partition coefficient (Wildman–Crippen LogP) is 4.36. The van der Waals surface area contributed by atoms with Crippen LogP contribution in [0.15, 0.2) is 24.4 Å². The van der Waals surface area contributed by atoms with E-state index < -0.39 is 5.82 Å². The summed E-state index contributed by atoms with van der Waals surface area (Å²) in [5, 5.41) is 4.38. The van der Waals surface area contributed by atoms with Gasteiger partial charge in [0.15, 0.2) is 0 Å². The Bertz CT molecular complexity index is 552. The van der Waals surface area contributed by atoms with Crippen LogP contribution in [0.1, 0.15) is 24.6 Å². The minimum absolute atomic E-state index is 0.112. The van der Waals surface area contributed by atoms with Crippen molar-refractivity contribution in [2.75, 3.05) is 0 Å². The lowest BCUT2D eigenvalue weighted by molar-refractivity contribution is 0.625. The van der Waals surface area contributed by atoms with E-state index in [4.69, 9.17) is 23.2 Å². The third-order valence-corrected chi connectivity index (χ3v) is 3.33. The zero-order valence-electron chi connectivity index (χ0n) is 9.96. The van der Waals surface area contributed by atoms with Gasteiger partial charge in [0, 0.05) is 17.3 Å². The van der Waals surface area contributed by atoms with Gasteiger partial charge in [0.1, 0.15) is 5.82 Å². The van der Waals surface area contributed by atoms with E-state index in [1.165, 1.54) is 12.1 Å². The van der Waals surface area contributed by atoms with Crippen LogP contribution in [-0.4, -0.2) is 9.78 Å². The van der Waals surface area contributed by atoms with Gasteiger partial charge in [-0.3, -0.25) is 0 Å². The van der Waals surface area contributed by atoms with Crippen molar-refractivity contribution in [2.24, 2.45) is 0 Å². The van der Waals surface area contributed by atoms with Crippen molar-refractivity contribution in [3.8, 4) is 5.69 Å². The molecule has 0 bridgehead atoms. The summed E-state index contributed by atoms with van der Waals surface area (Å²) >= 11 is 11.6. The van der Waals surface area contributed by atoms with Crippen molar-refractivity contribution in [1.29, 1.82) is 0 Å². The molecule has 1 aromatic carbocycles. The molecule has 0 radical (unpaired) electrons. The second kappa shape index (κ2) is 5.72. The first kappa shape index (κ1) is 13.4. The van der Waals surface area contributed by atoms with Gasteiger partial charge in [0.05, 0.1) is 22.8 Å². The van der Waals surface area contributed by atoms with Gasteiger partial charge < -0.3 is 0 Å². The van der Waals surface area contributed by atoms with Gasteiger partial charge in [0.2, 0.25) is 0 Å². The zero-order chi connectivity index (χ0) is 13.1. The van der Waals surface area contributed by atoms with Gasteiger partial charge >= 0.3 is 0 Å². The summed E-state index contributed by atoms with van der Waals surface area (Å²) in [5.74, 6) is -0.0367. The quantitative estimate of drug-likeness (QED) is 0.764. The molecule has 5 heteroatoms. The molecule has 1 heterocycles. The molecular formula is C13H13Cl2FN2. The molecule has 0 fully saturated rings. The van der Waals surface area contributed by atoms with Crippen LogP contribution in [0.5, 0.6) is 0 Å². The first-order valence-electron chi connectivity index (χ1n) is 5.74. The van der Waals surface area contributed by atoms with Crippen LogP contribution in [0.25, 0.3) is 5.69 Å². The molecule has 96 valence electrons. The molecule has 0 aliphatic carbocycles. The maximum Gasteiger partial charge on any atom is 0.143 e. The molecular weight excluding hydrogens is 274 g/mol. The van der Waals surface area contributed by atoms with Crippen LogP contribution in [0.4, 0.5) is 4.39 Å². The van der Waals surface area contributed by atoms with Crippen molar-refractivity contribution in [3.05, 3.63) is 46.5 Å². The normalized spacial score (nSPS) is 10.9. The monoisotopic (exact) mass is 286 g/mol. The SMILES string of the molecule is CCCc1c(CCl)cnn1-c1ccc(Cl)c(F)c1. The van der Waals surface area contributed by atoms with E-state index >= 15 is 0 Å². The van der Waals surface area contributed by atoms with E-state index in [1.54, 1.807) is 16.9 Å². The van der Waals surface area contributed by atoms with Crippen LogP contribution in [-0.2, 0) is 12.3 Å². The van der Waals surface area contributed by atoms with E-state index in [0.29, 0.717) is 11.6 Å². The molecule has 0 atom stereocenters. The highest BCUT2D eigenvalue weighted by molar-refractivity contribution is 6.30. The molecule has 18 heavy (non-hydrogen) atoms. The van der Waals surface area contributed by atoms with Gasteiger partial charge in [0.25, 0.3) is 0 Å². The van der Waals surface area contributed by atoms with Gasteiger partial charge in [-0.25, -0.2) is 9.07 Å². The summed E-state index contributed by atoms with van der Waals surface area (Å²) in [4.78, 5) is 0. The Balaban J connectivity index is 2.49. The number of alkyl halides is 1. The Hall–Kier alpha value is -1.06. The number of hydrogen-bond acceptors (Lipinski definition) is 1. The molecule has 0 unspecified atom stereocenters. The molecule has 0 N–H and O–H groups in total. The average molecular weight is 287 g/mol. The highest BCUT2D eigenvalue weighted by Gasteiger charge is 2.12. The molecule has 2 rings (SSSR count). The van der Waals surface area contributed by atoms with Crippen molar-refractivity contribution < 1.29 is 4.39 Å². The second-order valence-corrected chi connectivity index (χ2v) is 4.68. The minimum atomic E-state index is -0.445. The van der Waals surface area contributed by atoms with Gasteiger partial charge in [-0.15, -0.1) is 11.6 Å². The lowest BCUT2D eigenvalue weighted by Gasteiger charge is -2.08. The third-order valence-electron chi connectivity index (χ3n) is 2.73. The van der Waals surface area contributed by atoms with Crippen LogP contribution in [0.3, 0.4) is 0 Å². The predicted molar refractivity (Wildman–Crippen MR) is 72.1 cm³/mol. The van der Waals surface area contributed by atoms with Gasteiger partial charge in [-0.05, 0) is 18.6 Å². The minimum Gasteiger partial charge on any atom is -0.237 e. The Labute approximate surface area is 115 Å². The first-order valence-corrected chi connectivity index (χ1v) is 6.65. The zero-order valence-corrected chi connectivity index (χ0v) is 11.5. The number of hydrogen-bond donors (Lipinski definition) is 0. The Morgan fingerprint density at radius 3 is 2.78 bits per heavy atom. The molecule has 0 aliphatic heterocycles. The lowest BCUT2D eigenvalue weighted by Crippen LogP contribution is -2.03. The highest BCUT2D eigenvalue weighted by atomic mass is 35.5. The van der Waals surface area contributed by atoms with E-state index in [-0.39, 0.29) is 5.02 Å². The number of halogens is 3. The third kappa shape index (κ3) is 2.52. The fraction of sp³-hybridized carbons (Fsp3) is 0.308.